The number of rotatable bonds is 1. The van der Waals surface area contributed by atoms with Crippen LogP contribution in [0, 0.1) is 11.3 Å². The Hall–Kier alpha value is -0.280. The van der Waals surface area contributed by atoms with Crippen molar-refractivity contribution >= 4 is 18.4 Å². The summed E-state index contributed by atoms with van der Waals surface area (Å²) in [7, 11) is 1.49. The molecule has 1 heterocycles. The lowest BCUT2D eigenvalue weighted by molar-refractivity contribution is -0.153. The van der Waals surface area contributed by atoms with Gasteiger partial charge in [-0.05, 0) is 31.7 Å². The Kier molecular flexibility index (Phi) is 3.19. The monoisotopic (exact) mass is 205 g/mol. The zero-order chi connectivity index (χ0) is 8.60. The lowest BCUT2D eigenvalue weighted by Crippen LogP contribution is -2.44. The Morgan fingerprint density at radius 3 is 3.08 bits per heavy atom. The predicted molar refractivity (Wildman–Crippen MR) is 51.9 cm³/mol. The van der Waals surface area contributed by atoms with Crippen LogP contribution in [0.4, 0.5) is 0 Å². The molecule has 1 saturated heterocycles. The first-order valence-electron chi connectivity index (χ1n) is 4.56. The van der Waals surface area contributed by atoms with Crippen molar-refractivity contribution in [3.63, 3.8) is 0 Å². The van der Waals surface area contributed by atoms with E-state index in [-0.39, 0.29) is 23.8 Å². The molecule has 0 aromatic heterocycles. The third kappa shape index (κ3) is 1.67. The standard InChI is InChI=1S/C9H15NO2.ClH/c1-12-8(11)9-3-2-7(4-9)5-10-6-9;/h7,10H,2-6H2,1H3;1H/t7-,9-;/m1./s1. The molecule has 1 aliphatic heterocycles. The molecule has 0 spiro atoms. The van der Waals surface area contributed by atoms with Gasteiger partial charge in [0.25, 0.3) is 0 Å². The maximum atomic E-state index is 11.5. The van der Waals surface area contributed by atoms with Crippen molar-refractivity contribution in [2.24, 2.45) is 11.3 Å². The summed E-state index contributed by atoms with van der Waals surface area (Å²) in [5, 5.41) is 3.30. The predicted octanol–water partition coefficient (Wildman–Crippen LogP) is 0.971. The van der Waals surface area contributed by atoms with E-state index in [1.54, 1.807) is 0 Å². The second-order valence-corrected chi connectivity index (χ2v) is 4.01. The van der Waals surface area contributed by atoms with E-state index in [9.17, 15) is 4.79 Å². The molecule has 2 bridgehead atoms. The Bertz CT molecular complexity index is 206. The van der Waals surface area contributed by atoms with Gasteiger partial charge in [-0.1, -0.05) is 0 Å². The van der Waals surface area contributed by atoms with Crippen molar-refractivity contribution in [2.75, 3.05) is 20.2 Å². The fourth-order valence-corrected chi connectivity index (χ4v) is 2.56. The Morgan fingerprint density at radius 1 is 1.62 bits per heavy atom. The Labute approximate surface area is 84.6 Å². The van der Waals surface area contributed by atoms with Gasteiger partial charge >= 0.3 is 5.97 Å². The van der Waals surface area contributed by atoms with Gasteiger partial charge in [-0.25, -0.2) is 0 Å². The number of piperidine rings is 1. The van der Waals surface area contributed by atoms with Gasteiger partial charge in [0.1, 0.15) is 0 Å². The number of esters is 1. The average Bonchev–Trinajstić information content (AvgIpc) is 2.42. The fourth-order valence-electron chi connectivity index (χ4n) is 2.56. The molecule has 1 N–H and O–H groups in total. The van der Waals surface area contributed by atoms with Crippen LogP contribution in [0.2, 0.25) is 0 Å². The maximum Gasteiger partial charge on any atom is 0.313 e. The molecule has 0 aromatic rings. The topological polar surface area (TPSA) is 38.3 Å². The zero-order valence-corrected chi connectivity index (χ0v) is 8.65. The maximum absolute atomic E-state index is 11.5. The molecule has 13 heavy (non-hydrogen) atoms. The van der Waals surface area contributed by atoms with Gasteiger partial charge in [0.15, 0.2) is 0 Å². The van der Waals surface area contributed by atoms with E-state index in [4.69, 9.17) is 4.74 Å². The van der Waals surface area contributed by atoms with Crippen molar-refractivity contribution in [1.82, 2.24) is 5.32 Å². The van der Waals surface area contributed by atoms with Crippen LogP contribution in [0.3, 0.4) is 0 Å². The summed E-state index contributed by atoms with van der Waals surface area (Å²) >= 11 is 0. The summed E-state index contributed by atoms with van der Waals surface area (Å²) in [4.78, 5) is 11.5. The molecular formula is C9H16ClNO2. The molecule has 2 aliphatic rings. The highest BCUT2D eigenvalue weighted by Crippen LogP contribution is 2.44. The van der Waals surface area contributed by atoms with E-state index in [2.05, 4.69) is 5.32 Å². The molecule has 0 aromatic carbocycles. The molecule has 0 unspecified atom stereocenters. The minimum Gasteiger partial charge on any atom is -0.469 e. The van der Waals surface area contributed by atoms with Crippen LogP contribution < -0.4 is 5.32 Å². The molecule has 76 valence electrons. The summed E-state index contributed by atoms with van der Waals surface area (Å²) < 4.78 is 4.83. The van der Waals surface area contributed by atoms with Crippen LogP contribution in [-0.4, -0.2) is 26.2 Å². The quantitative estimate of drug-likeness (QED) is 0.649. The van der Waals surface area contributed by atoms with Crippen LogP contribution in [0.25, 0.3) is 0 Å². The van der Waals surface area contributed by atoms with E-state index < -0.39 is 0 Å². The number of halogens is 1. The Morgan fingerprint density at radius 2 is 2.38 bits per heavy atom. The number of ether oxygens (including phenoxy) is 1. The molecule has 0 amide bonds. The lowest BCUT2D eigenvalue weighted by Gasteiger charge is -2.30. The lowest BCUT2D eigenvalue weighted by atomic mass is 9.83. The van der Waals surface area contributed by atoms with E-state index in [0.29, 0.717) is 5.92 Å². The molecule has 4 heteroatoms. The second kappa shape index (κ2) is 3.84. The van der Waals surface area contributed by atoms with Crippen LogP contribution in [0.1, 0.15) is 19.3 Å². The number of carbonyl (C=O) groups is 1. The minimum absolute atomic E-state index is 0. The largest absolute Gasteiger partial charge is 0.469 e. The number of fused-ring (bicyclic) bond motifs is 2. The van der Waals surface area contributed by atoms with Crippen molar-refractivity contribution in [2.45, 2.75) is 19.3 Å². The van der Waals surface area contributed by atoms with Crippen LogP contribution in [0.15, 0.2) is 0 Å². The molecule has 1 saturated carbocycles. The number of hydrogen-bond donors (Lipinski definition) is 1. The summed E-state index contributed by atoms with van der Waals surface area (Å²) in [6.07, 6.45) is 3.23. The van der Waals surface area contributed by atoms with E-state index >= 15 is 0 Å². The average molecular weight is 206 g/mol. The van der Waals surface area contributed by atoms with Gasteiger partial charge in [0, 0.05) is 6.54 Å². The zero-order valence-electron chi connectivity index (χ0n) is 7.84. The van der Waals surface area contributed by atoms with E-state index in [0.717, 1.165) is 25.9 Å². The summed E-state index contributed by atoms with van der Waals surface area (Å²) in [6.45, 7) is 1.90. The van der Waals surface area contributed by atoms with Gasteiger partial charge in [0.05, 0.1) is 12.5 Å². The summed E-state index contributed by atoms with van der Waals surface area (Å²) in [6, 6.07) is 0. The molecule has 2 atom stereocenters. The molecule has 3 nitrogen and oxygen atoms in total. The molecule has 0 radical (unpaired) electrons. The smallest absolute Gasteiger partial charge is 0.313 e. The van der Waals surface area contributed by atoms with Gasteiger partial charge in [-0.15, -0.1) is 12.4 Å². The normalized spacial score (nSPS) is 36.5. The van der Waals surface area contributed by atoms with Crippen molar-refractivity contribution in [3.8, 4) is 0 Å². The fraction of sp³-hybridized carbons (Fsp3) is 0.889. The minimum atomic E-state index is -0.169. The van der Waals surface area contributed by atoms with Crippen LogP contribution in [-0.2, 0) is 9.53 Å². The van der Waals surface area contributed by atoms with Crippen LogP contribution in [0.5, 0.6) is 0 Å². The molecule has 2 rings (SSSR count). The third-order valence-corrected chi connectivity index (χ3v) is 3.23. The van der Waals surface area contributed by atoms with E-state index in [1.165, 1.54) is 13.5 Å². The number of hydrogen-bond acceptors (Lipinski definition) is 3. The van der Waals surface area contributed by atoms with Crippen molar-refractivity contribution in [1.29, 1.82) is 0 Å². The van der Waals surface area contributed by atoms with Gasteiger partial charge in [-0.3, -0.25) is 4.79 Å². The SMILES string of the molecule is COC(=O)[C@@]12CC[C@@H](CNC1)C2.Cl. The number of carbonyl (C=O) groups excluding carboxylic acids is 1. The molecule has 1 aliphatic carbocycles. The van der Waals surface area contributed by atoms with Gasteiger partial charge < -0.3 is 10.1 Å². The second-order valence-electron chi connectivity index (χ2n) is 4.01. The van der Waals surface area contributed by atoms with Crippen molar-refractivity contribution in [3.05, 3.63) is 0 Å². The highest BCUT2D eigenvalue weighted by molar-refractivity contribution is 5.85. The third-order valence-electron chi connectivity index (χ3n) is 3.23. The summed E-state index contributed by atoms with van der Waals surface area (Å²) in [5.41, 5.74) is -0.169. The number of nitrogens with one attached hydrogen (secondary N) is 1. The van der Waals surface area contributed by atoms with Crippen molar-refractivity contribution < 1.29 is 9.53 Å². The van der Waals surface area contributed by atoms with E-state index in [1.807, 2.05) is 0 Å². The highest BCUT2D eigenvalue weighted by atomic mass is 35.5. The molecule has 2 fully saturated rings. The Balaban J connectivity index is 0.000000845. The van der Waals surface area contributed by atoms with Gasteiger partial charge in [-0.2, -0.15) is 0 Å². The summed E-state index contributed by atoms with van der Waals surface area (Å²) in [5.74, 6) is 0.690. The van der Waals surface area contributed by atoms with Gasteiger partial charge in [0.2, 0.25) is 0 Å². The highest BCUT2D eigenvalue weighted by Gasteiger charge is 2.48. The molecular weight excluding hydrogens is 190 g/mol. The first kappa shape index (κ1) is 10.8. The first-order chi connectivity index (χ1) is 5.77. The first-order valence-corrected chi connectivity index (χ1v) is 4.56. The number of methoxy groups -OCH3 is 1. The van der Waals surface area contributed by atoms with Crippen LogP contribution >= 0.6 is 12.4 Å².